The zero-order valence-corrected chi connectivity index (χ0v) is 16.6. The molecular formula is C20H30N4O3. The van der Waals surface area contributed by atoms with Crippen molar-refractivity contribution >= 4 is 17.8 Å². The molecule has 1 heterocycles. The average molecular weight is 374 g/mol. The van der Waals surface area contributed by atoms with E-state index in [0.29, 0.717) is 31.7 Å². The van der Waals surface area contributed by atoms with Gasteiger partial charge in [0.2, 0.25) is 5.91 Å². The third kappa shape index (κ3) is 5.21. The molecule has 2 atom stereocenters. The maximum atomic E-state index is 13.0. The first-order valence-corrected chi connectivity index (χ1v) is 9.54. The molecule has 1 aromatic carbocycles. The van der Waals surface area contributed by atoms with Gasteiger partial charge in [-0.05, 0) is 31.9 Å². The standard InChI is InChI=1S/C20H30N4O3/c1-5-21-20(27)24-12-11-23(13-15(24)4)19(26)17(14(2)3)22-18(25)16-9-7-6-8-10-16/h6-10,14-15,17H,5,11-13H2,1-4H3,(H,21,27)(H,22,25). The van der Waals surface area contributed by atoms with Gasteiger partial charge in [-0.3, -0.25) is 9.59 Å². The van der Waals surface area contributed by atoms with Crippen molar-refractivity contribution < 1.29 is 14.4 Å². The summed E-state index contributed by atoms with van der Waals surface area (Å²) in [5.41, 5.74) is 0.533. The molecular weight excluding hydrogens is 344 g/mol. The van der Waals surface area contributed by atoms with Gasteiger partial charge in [0.1, 0.15) is 6.04 Å². The molecule has 2 unspecified atom stereocenters. The van der Waals surface area contributed by atoms with E-state index < -0.39 is 6.04 Å². The Balaban J connectivity index is 2.03. The minimum atomic E-state index is -0.596. The molecule has 1 aromatic rings. The average Bonchev–Trinajstić information content (AvgIpc) is 2.65. The second-order valence-electron chi connectivity index (χ2n) is 7.22. The van der Waals surface area contributed by atoms with Gasteiger partial charge in [-0.2, -0.15) is 0 Å². The highest BCUT2D eigenvalue weighted by atomic mass is 16.2. The van der Waals surface area contributed by atoms with Gasteiger partial charge >= 0.3 is 6.03 Å². The van der Waals surface area contributed by atoms with Gasteiger partial charge in [-0.15, -0.1) is 0 Å². The lowest BCUT2D eigenvalue weighted by Crippen LogP contribution is -2.61. The molecule has 1 saturated heterocycles. The highest BCUT2D eigenvalue weighted by Gasteiger charge is 2.34. The first-order chi connectivity index (χ1) is 12.8. The molecule has 1 aliphatic heterocycles. The van der Waals surface area contributed by atoms with Crippen LogP contribution >= 0.6 is 0 Å². The lowest BCUT2D eigenvalue weighted by Gasteiger charge is -2.41. The van der Waals surface area contributed by atoms with Crippen molar-refractivity contribution in [1.29, 1.82) is 0 Å². The quantitative estimate of drug-likeness (QED) is 0.823. The van der Waals surface area contributed by atoms with Crippen molar-refractivity contribution in [1.82, 2.24) is 20.4 Å². The van der Waals surface area contributed by atoms with Crippen molar-refractivity contribution in [2.75, 3.05) is 26.2 Å². The highest BCUT2D eigenvalue weighted by Crippen LogP contribution is 2.14. The number of nitrogens with zero attached hydrogens (tertiary/aromatic N) is 2. The van der Waals surface area contributed by atoms with Gasteiger partial charge in [0.25, 0.3) is 5.91 Å². The van der Waals surface area contributed by atoms with E-state index in [4.69, 9.17) is 0 Å². The molecule has 27 heavy (non-hydrogen) atoms. The Morgan fingerprint density at radius 2 is 1.81 bits per heavy atom. The maximum Gasteiger partial charge on any atom is 0.317 e. The molecule has 0 bridgehead atoms. The third-order valence-corrected chi connectivity index (χ3v) is 4.78. The summed E-state index contributed by atoms with van der Waals surface area (Å²) in [6, 6.07) is 8.11. The zero-order chi connectivity index (χ0) is 20.0. The van der Waals surface area contributed by atoms with Crippen molar-refractivity contribution in [3.05, 3.63) is 35.9 Å². The van der Waals surface area contributed by atoms with Crippen LogP contribution in [0.5, 0.6) is 0 Å². The third-order valence-electron chi connectivity index (χ3n) is 4.78. The number of hydrogen-bond acceptors (Lipinski definition) is 3. The number of piperazine rings is 1. The van der Waals surface area contributed by atoms with Crippen LogP contribution in [-0.4, -0.2) is 65.9 Å². The predicted octanol–water partition coefficient (Wildman–Crippen LogP) is 1.70. The number of nitrogens with one attached hydrogen (secondary N) is 2. The van der Waals surface area contributed by atoms with Crippen molar-refractivity contribution in [3.63, 3.8) is 0 Å². The lowest BCUT2D eigenvalue weighted by molar-refractivity contribution is -0.136. The van der Waals surface area contributed by atoms with E-state index in [1.807, 2.05) is 33.8 Å². The molecule has 0 aliphatic carbocycles. The summed E-state index contributed by atoms with van der Waals surface area (Å²) in [5.74, 6) is -0.393. The van der Waals surface area contributed by atoms with Crippen LogP contribution in [0, 0.1) is 5.92 Å². The molecule has 4 amide bonds. The topological polar surface area (TPSA) is 81.8 Å². The Bertz CT molecular complexity index is 662. The summed E-state index contributed by atoms with van der Waals surface area (Å²) in [6.07, 6.45) is 0. The highest BCUT2D eigenvalue weighted by molar-refractivity contribution is 5.97. The second-order valence-corrected chi connectivity index (χ2v) is 7.22. The molecule has 0 spiro atoms. The van der Waals surface area contributed by atoms with E-state index in [1.165, 1.54) is 0 Å². The van der Waals surface area contributed by atoms with E-state index in [-0.39, 0.29) is 29.8 Å². The van der Waals surface area contributed by atoms with Gasteiger partial charge < -0.3 is 20.4 Å². The fourth-order valence-electron chi connectivity index (χ4n) is 3.24. The van der Waals surface area contributed by atoms with E-state index >= 15 is 0 Å². The zero-order valence-electron chi connectivity index (χ0n) is 16.6. The van der Waals surface area contributed by atoms with Crippen LogP contribution in [0.3, 0.4) is 0 Å². The minimum absolute atomic E-state index is 0.0399. The summed E-state index contributed by atoms with van der Waals surface area (Å²) in [5, 5.41) is 5.68. The fourth-order valence-corrected chi connectivity index (χ4v) is 3.24. The number of urea groups is 1. The molecule has 2 N–H and O–H groups in total. The largest absolute Gasteiger partial charge is 0.340 e. The number of rotatable bonds is 5. The molecule has 148 valence electrons. The molecule has 7 heteroatoms. The van der Waals surface area contributed by atoms with Crippen LogP contribution in [0.25, 0.3) is 0 Å². The van der Waals surface area contributed by atoms with E-state index in [9.17, 15) is 14.4 Å². The van der Waals surface area contributed by atoms with E-state index in [2.05, 4.69) is 10.6 Å². The van der Waals surface area contributed by atoms with Crippen LogP contribution in [0.15, 0.2) is 30.3 Å². The van der Waals surface area contributed by atoms with Gasteiger partial charge in [0.15, 0.2) is 0 Å². The second kappa shape index (κ2) is 9.39. The molecule has 7 nitrogen and oxygen atoms in total. The Kier molecular flexibility index (Phi) is 7.21. The summed E-state index contributed by atoms with van der Waals surface area (Å²) in [7, 11) is 0. The Labute approximate surface area is 161 Å². The number of amides is 4. The van der Waals surface area contributed by atoms with Crippen molar-refractivity contribution in [3.8, 4) is 0 Å². The SMILES string of the molecule is CCNC(=O)N1CCN(C(=O)C(NC(=O)c2ccccc2)C(C)C)CC1C. The van der Waals surface area contributed by atoms with Gasteiger partial charge in [-0.25, -0.2) is 4.79 Å². The Morgan fingerprint density at radius 3 is 2.37 bits per heavy atom. The maximum absolute atomic E-state index is 13.0. The first-order valence-electron chi connectivity index (χ1n) is 9.54. The van der Waals surface area contributed by atoms with Crippen LogP contribution in [0.1, 0.15) is 38.1 Å². The minimum Gasteiger partial charge on any atom is -0.340 e. The van der Waals surface area contributed by atoms with Gasteiger partial charge in [0, 0.05) is 37.8 Å². The molecule has 0 aromatic heterocycles. The Hall–Kier alpha value is -2.57. The number of carbonyl (C=O) groups is 3. The van der Waals surface area contributed by atoms with Crippen molar-refractivity contribution in [2.24, 2.45) is 5.92 Å². The molecule has 0 radical (unpaired) electrons. The summed E-state index contributed by atoms with van der Waals surface area (Å²) in [6.45, 7) is 9.63. The fraction of sp³-hybridized carbons (Fsp3) is 0.550. The molecule has 1 aliphatic rings. The number of carbonyl (C=O) groups excluding carboxylic acids is 3. The number of benzene rings is 1. The Morgan fingerprint density at radius 1 is 1.15 bits per heavy atom. The smallest absolute Gasteiger partial charge is 0.317 e. The van der Waals surface area contributed by atoms with Crippen LogP contribution < -0.4 is 10.6 Å². The summed E-state index contributed by atoms with van der Waals surface area (Å²) < 4.78 is 0. The van der Waals surface area contributed by atoms with E-state index in [1.54, 1.807) is 34.1 Å². The van der Waals surface area contributed by atoms with E-state index in [0.717, 1.165) is 0 Å². The monoisotopic (exact) mass is 374 g/mol. The predicted molar refractivity (Wildman–Crippen MR) is 104 cm³/mol. The first kappa shape index (κ1) is 20.7. The lowest BCUT2D eigenvalue weighted by atomic mass is 10.0. The van der Waals surface area contributed by atoms with Gasteiger partial charge in [-0.1, -0.05) is 32.0 Å². The van der Waals surface area contributed by atoms with Crippen molar-refractivity contribution in [2.45, 2.75) is 39.8 Å². The van der Waals surface area contributed by atoms with Crippen LogP contribution in [-0.2, 0) is 4.79 Å². The summed E-state index contributed by atoms with van der Waals surface area (Å²) in [4.78, 5) is 41.1. The number of hydrogen-bond donors (Lipinski definition) is 2. The van der Waals surface area contributed by atoms with Crippen LogP contribution in [0.4, 0.5) is 4.79 Å². The van der Waals surface area contributed by atoms with Crippen LogP contribution in [0.2, 0.25) is 0 Å². The molecule has 0 saturated carbocycles. The van der Waals surface area contributed by atoms with Gasteiger partial charge in [0.05, 0.1) is 0 Å². The normalized spacial score (nSPS) is 18.2. The molecule has 2 rings (SSSR count). The summed E-state index contributed by atoms with van der Waals surface area (Å²) >= 11 is 0. The molecule has 1 fully saturated rings.